The molecule has 0 aliphatic heterocycles. The lowest BCUT2D eigenvalue weighted by molar-refractivity contribution is 0.459. The number of para-hydroxylation sites is 1. The van der Waals surface area contributed by atoms with Crippen molar-refractivity contribution in [2.24, 2.45) is 10.2 Å². The van der Waals surface area contributed by atoms with E-state index in [1.807, 2.05) is 43.3 Å². The van der Waals surface area contributed by atoms with Crippen molar-refractivity contribution >= 4 is 22.3 Å². The molecule has 1 heterocycles. The normalized spacial score (nSPS) is 11.6. The molecule has 1 aromatic heterocycles. The fraction of sp³-hybridized carbons (Fsp3) is 0.222. The summed E-state index contributed by atoms with van der Waals surface area (Å²) in [6, 6.07) is 11.9. The van der Waals surface area contributed by atoms with Crippen molar-refractivity contribution in [2.75, 3.05) is 0 Å². The van der Waals surface area contributed by atoms with Gasteiger partial charge in [-0.05, 0) is 49.1 Å². The Morgan fingerprint density at radius 3 is 2.59 bits per heavy atom. The zero-order chi connectivity index (χ0) is 15.7. The lowest BCUT2D eigenvalue weighted by Crippen LogP contribution is -1.81. The van der Waals surface area contributed by atoms with Crippen LogP contribution < -0.4 is 0 Å². The summed E-state index contributed by atoms with van der Waals surface area (Å²) in [7, 11) is 0. The Kier molecular flexibility index (Phi) is 3.67. The highest BCUT2D eigenvalue weighted by molar-refractivity contribution is 5.96. The molecule has 4 heteroatoms. The third-order valence-corrected chi connectivity index (χ3v) is 4.01. The maximum absolute atomic E-state index is 10.1. The molecule has 0 atom stereocenters. The number of aromatic nitrogens is 1. The molecule has 0 aliphatic rings. The summed E-state index contributed by atoms with van der Waals surface area (Å²) in [5.74, 6) is 0.0588. The number of rotatable bonds is 3. The Labute approximate surface area is 129 Å². The Hall–Kier alpha value is -2.62. The van der Waals surface area contributed by atoms with Crippen LogP contribution in [0.1, 0.15) is 23.6 Å². The molecule has 3 rings (SSSR count). The molecule has 22 heavy (non-hydrogen) atoms. The van der Waals surface area contributed by atoms with E-state index in [4.69, 9.17) is 0 Å². The number of hydrogen-bond acceptors (Lipinski definition) is 3. The average Bonchev–Trinajstić information content (AvgIpc) is 2.84. The Bertz CT molecular complexity index is 862. The summed E-state index contributed by atoms with van der Waals surface area (Å²) in [6.45, 7) is 6.20. The van der Waals surface area contributed by atoms with E-state index in [9.17, 15) is 5.11 Å². The van der Waals surface area contributed by atoms with Crippen LogP contribution in [0.15, 0.2) is 46.6 Å². The second-order valence-corrected chi connectivity index (χ2v) is 5.48. The molecule has 0 spiro atoms. The van der Waals surface area contributed by atoms with Crippen molar-refractivity contribution in [3.8, 4) is 5.88 Å². The monoisotopic (exact) mass is 293 g/mol. The number of fused-ring (bicyclic) bond motifs is 1. The van der Waals surface area contributed by atoms with Crippen LogP contribution in [0.25, 0.3) is 10.9 Å². The van der Waals surface area contributed by atoms with Gasteiger partial charge in [0.25, 0.3) is 0 Å². The SMILES string of the molecule is CCc1cccc2c(N=Nc3ccc(C)c(C)c3)c(O)[nH]c12. The third kappa shape index (κ3) is 2.48. The van der Waals surface area contributed by atoms with Crippen molar-refractivity contribution in [2.45, 2.75) is 27.2 Å². The van der Waals surface area contributed by atoms with E-state index in [-0.39, 0.29) is 5.88 Å². The minimum Gasteiger partial charge on any atom is -0.493 e. The van der Waals surface area contributed by atoms with Gasteiger partial charge in [-0.3, -0.25) is 0 Å². The van der Waals surface area contributed by atoms with Crippen LogP contribution in [0.4, 0.5) is 11.4 Å². The zero-order valence-corrected chi connectivity index (χ0v) is 13.0. The molecular weight excluding hydrogens is 274 g/mol. The second-order valence-electron chi connectivity index (χ2n) is 5.48. The van der Waals surface area contributed by atoms with E-state index in [1.54, 1.807) is 0 Å². The summed E-state index contributed by atoms with van der Waals surface area (Å²) >= 11 is 0. The van der Waals surface area contributed by atoms with Crippen LogP contribution in [0, 0.1) is 13.8 Å². The standard InChI is InChI=1S/C18H19N3O/c1-4-13-6-5-7-15-16(13)19-18(22)17(15)21-20-14-9-8-11(2)12(3)10-14/h5-10,19,22H,4H2,1-3H3. The van der Waals surface area contributed by atoms with Gasteiger partial charge in [0.05, 0.1) is 11.2 Å². The predicted molar refractivity (Wildman–Crippen MR) is 89.4 cm³/mol. The van der Waals surface area contributed by atoms with Gasteiger partial charge in [-0.25, -0.2) is 0 Å². The van der Waals surface area contributed by atoms with E-state index < -0.39 is 0 Å². The van der Waals surface area contributed by atoms with Crippen LogP contribution in [-0.4, -0.2) is 10.1 Å². The van der Waals surface area contributed by atoms with Crippen molar-refractivity contribution < 1.29 is 5.11 Å². The van der Waals surface area contributed by atoms with Crippen LogP contribution in [-0.2, 0) is 6.42 Å². The topological polar surface area (TPSA) is 60.7 Å². The maximum Gasteiger partial charge on any atom is 0.218 e. The number of azo groups is 1. The Morgan fingerprint density at radius 1 is 1.05 bits per heavy atom. The molecule has 0 saturated carbocycles. The van der Waals surface area contributed by atoms with Crippen LogP contribution in [0.2, 0.25) is 0 Å². The van der Waals surface area contributed by atoms with Gasteiger partial charge in [0.15, 0.2) is 5.69 Å². The van der Waals surface area contributed by atoms with Crippen LogP contribution >= 0.6 is 0 Å². The smallest absolute Gasteiger partial charge is 0.218 e. The number of aryl methyl sites for hydroxylation is 3. The lowest BCUT2D eigenvalue weighted by Gasteiger charge is -2.00. The zero-order valence-electron chi connectivity index (χ0n) is 13.0. The van der Waals surface area contributed by atoms with Gasteiger partial charge in [0.1, 0.15) is 0 Å². The number of aromatic amines is 1. The highest BCUT2D eigenvalue weighted by Crippen LogP contribution is 2.37. The highest BCUT2D eigenvalue weighted by atomic mass is 16.3. The first-order chi connectivity index (χ1) is 10.6. The first-order valence-electron chi connectivity index (χ1n) is 7.41. The van der Waals surface area contributed by atoms with Gasteiger partial charge in [0, 0.05) is 5.39 Å². The van der Waals surface area contributed by atoms with Crippen molar-refractivity contribution in [3.63, 3.8) is 0 Å². The Morgan fingerprint density at radius 2 is 1.86 bits per heavy atom. The van der Waals surface area contributed by atoms with Gasteiger partial charge >= 0.3 is 0 Å². The number of aromatic hydroxyl groups is 1. The number of nitrogens with zero attached hydrogens (tertiary/aromatic N) is 2. The summed E-state index contributed by atoms with van der Waals surface area (Å²) in [5.41, 5.74) is 5.75. The predicted octanol–water partition coefficient (Wildman–Crippen LogP) is 5.47. The van der Waals surface area contributed by atoms with Crippen molar-refractivity contribution in [3.05, 3.63) is 53.1 Å². The second kappa shape index (κ2) is 5.64. The van der Waals surface area contributed by atoms with Gasteiger partial charge in [-0.1, -0.05) is 31.2 Å². The van der Waals surface area contributed by atoms with Gasteiger partial charge in [-0.2, -0.15) is 5.11 Å². The summed E-state index contributed by atoms with van der Waals surface area (Å²) in [4.78, 5) is 3.01. The fourth-order valence-electron chi connectivity index (χ4n) is 2.54. The summed E-state index contributed by atoms with van der Waals surface area (Å²) < 4.78 is 0. The van der Waals surface area contributed by atoms with E-state index >= 15 is 0 Å². The van der Waals surface area contributed by atoms with E-state index in [1.165, 1.54) is 11.1 Å². The summed E-state index contributed by atoms with van der Waals surface area (Å²) in [5, 5.41) is 19.5. The largest absolute Gasteiger partial charge is 0.493 e. The first-order valence-corrected chi connectivity index (χ1v) is 7.41. The van der Waals surface area contributed by atoms with Gasteiger partial charge < -0.3 is 10.1 Å². The molecule has 2 N–H and O–H groups in total. The van der Waals surface area contributed by atoms with Gasteiger partial charge in [0.2, 0.25) is 5.88 Å². The van der Waals surface area contributed by atoms with Crippen molar-refractivity contribution in [1.29, 1.82) is 0 Å². The minimum atomic E-state index is 0.0588. The molecule has 0 aliphatic carbocycles. The minimum absolute atomic E-state index is 0.0588. The highest BCUT2D eigenvalue weighted by Gasteiger charge is 2.12. The number of H-pyrrole nitrogens is 1. The first kappa shape index (κ1) is 14.3. The molecule has 0 amide bonds. The average molecular weight is 293 g/mol. The molecule has 0 fully saturated rings. The molecule has 0 saturated heterocycles. The molecule has 2 aromatic carbocycles. The molecule has 0 bridgehead atoms. The molecule has 112 valence electrons. The van der Waals surface area contributed by atoms with Crippen LogP contribution in [0.3, 0.4) is 0 Å². The number of benzene rings is 2. The molecule has 0 unspecified atom stereocenters. The fourth-order valence-corrected chi connectivity index (χ4v) is 2.54. The van der Waals surface area contributed by atoms with E-state index in [0.717, 1.165) is 28.6 Å². The lowest BCUT2D eigenvalue weighted by atomic mass is 10.1. The van der Waals surface area contributed by atoms with Crippen molar-refractivity contribution in [1.82, 2.24) is 4.98 Å². The van der Waals surface area contributed by atoms with E-state index in [2.05, 4.69) is 29.1 Å². The summed E-state index contributed by atoms with van der Waals surface area (Å²) in [6.07, 6.45) is 0.894. The van der Waals surface area contributed by atoms with E-state index in [0.29, 0.717) is 5.69 Å². The molecule has 3 aromatic rings. The molecule has 4 nitrogen and oxygen atoms in total. The van der Waals surface area contributed by atoms with Gasteiger partial charge in [-0.15, -0.1) is 5.11 Å². The third-order valence-electron chi connectivity index (χ3n) is 4.01. The quantitative estimate of drug-likeness (QED) is 0.618. The number of nitrogens with one attached hydrogen (secondary N) is 1. The number of hydrogen-bond donors (Lipinski definition) is 2. The maximum atomic E-state index is 10.1. The Balaban J connectivity index is 2.05. The molecule has 0 radical (unpaired) electrons. The molecular formula is C18H19N3O. The van der Waals surface area contributed by atoms with Crippen LogP contribution in [0.5, 0.6) is 5.88 Å².